The summed E-state index contributed by atoms with van der Waals surface area (Å²) in [7, 11) is 0. The normalized spacial score (nSPS) is 23.0. The molecule has 2 heteroatoms. The van der Waals surface area contributed by atoms with Crippen molar-refractivity contribution >= 4 is 15.9 Å². The second-order valence-corrected chi connectivity index (χ2v) is 9.42. The molecule has 1 fully saturated rings. The van der Waals surface area contributed by atoms with Gasteiger partial charge in [0.1, 0.15) is 0 Å². The van der Waals surface area contributed by atoms with Gasteiger partial charge in [-0.2, -0.15) is 0 Å². The zero-order valence-corrected chi connectivity index (χ0v) is 15.8. The minimum absolute atomic E-state index is 0.455. The summed E-state index contributed by atoms with van der Waals surface area (Å²) in [6, 6.07) is 9.88. The Morgan fingerprint density at radius 1 is 1.10 bits per heavy atom. The first kappa shape index (κ1) is 17.0. The van der Waals surface area contributed by atoms with E-state index in [2.05, 4.69) is 80.1 Å². The molecule has 1 nitrogen and oxygen atoms in total. The lowest BCUT2D eigenvalue weighted by molar-refractivity contribution is 0.0812. The van der Waals surface area contributed by atoms with Gasteiger partial charge in [0.05, 0.1) is 0 Å². The van der Waals surface area contributed by atoms with E-state index in [9.17, 15) is 0 Å². The monoisotopic (exact) mass is 351 g/mol. The molecule has 0 amide bonds. The van der Waals surface area contributed by atoms with Gasteiger partial charge in [0.25, 0.3) is 0 Å². The summed E-state index contributed by atoms with van der Waals surface area (Å²) in [4.78, 5) is 0. The highest BCUT2D eigenvalue weighted by atomic mass is 79.9. The summed E-state index contributed by atoms with van der Waals surface area (Å²) in [5, 5.41) is 3.88. The van der Waals surface area contributed by atoms with E-state index in [-0.39, 0.29) is 0 Å². The number of rotatable bonds is 4. The first-order valence-corrected chi connectivity index (χ1v) is 8.95. The van der Waals surface area contributed by atoms with Gasteiger partial charge in [-0.25, -0.2) is 0 Å². The quantitative estimate of drug-likeness (QED) is 0.746. The molecule has 118 valence electrons. The van der Waals surface area contributed by atoms with Crippen LogP contribution < -0.4 is 5.32 Å². The third-order valence-corrected chi connectivity index (χ3v) is 5.06. The van der Waals surface area contributed by atoms with Gasteiger partial charge in [-0.05, 0) is 61.1 Å². The van der Waals surface area contributed by atoms with Gasteiger partial charge in [0.15, 0.2) is 0 Å². The van der Waals surface area contributed by atoms with Crippen molar-refractivity contribution in [2.75, 3.05) is 0 Å². The summed E-state index contributed by atoms with van der Waals surface area (Å²) in [5.74, 6) is 0. The molecule has 1 aromatic rings. The summed E-state index contributed by atoms with van der Waals surface area (Å²) < 4.78 is 1.16. The van der Waals surface area contributed by atoms with E-state index in [4.69, 9.17) is 0 Å². The lowest BCUT2D eigenvalue weighted by atomic mass is 9.63. The maximum Gasteiger partial charge on any atom is 0.0175 e. The molecule has 0 spiro atoms. The van der Waals surface area contributed by atoms with E-state index in [1.165, 1.54) is 24.8 Å². The molecule has 0 aliphatic heterocycles. The van der Waals surface area contributed by atoms with Crippen molar-refractivity contribution < 1.29 is 0 Å². The number of halogens is 1. The van der Waals surface area contributed by atoms with Gasteiger partial charge >= 0.3 is 0 Å². The van der Waals surface area contributed by atoms with Crippen LogP contribution >= 0.6 is 15.9 Å². The fraction of sp³-hybridized carbons (Fsp3) is 0.684. The fourth-order valence-electron chi connectivity index (χ4n) is 4.40. The Balaban J connectivity index is 1.92. The van der Waals surface area contributed by atoms with Crippen molar-refractivity contribution in [1.82, 2.24) is 5.32 Å². The van der Waals surface area contributed by atoms with Gasteiger partial charge in [0, 0.05) is 16.6 Å². The first-order valence-electron chi connectivity index (χ1n) is 8.16. The fourth-order valence-corrected chi connectivity index (χ4v) is 4.66. The van der Waals surface area contributed by atoms with Crippen molar-refractivity contribution in [3.63, 3.8) is 0 Å². The molecule has 0 aromatic heterocycles. The zero-order valence-electron chi connectivity index (χ0n) is 14.2. The lowest BCUT2D eigenvalue weighted by Crippen LogP contribution is -2.47. The third-order valence-electron chi connectivity index (χ3n) is 4.53. The average Bonchev–Trinajstić information content (AvgIpc) is 2.27. The van der Waals surface area contributed by atoms with Crippen molar-refractivity contribution in [3.05, 3.63) is 34.3 Å². The largest absolute Gasteiger partial charge is 0.311 e. The van der Waals surface area contributed by atoms with Crippen LogP contribution in [0.5, 0.6) is 0 Å². The van der Waals surface area contributed by atoms with Gasteiger partial charge < -0.3 is 5.32 Å². The average molecular weight is 352 g/mol. The summed E-state index contributed by atoms with van der Waals surface area (Å²) in [6.07, 6.45) is 5.02. The van der Waals surface area contributed by atoms with E-state index in [1.54, 1.807) is 0 Å². The Labute approximate surface area is 139 Å². The highest BCUT2D eigenvalue weighted by Crippen LogP contribution is 2.45. The standard InChI is InChI=1S/C19H30BrN/c1-14(10-15-6-8-16(20)9-7-15)21-17-11-18(2,3)13-19(4,5)12-17/h6-9,14,17,21H,10-13H2,1-5H3. The van der Waals surface area contributed by atoms with Crippen molar-refractivity contribution in [2.45, 2.75) is 72.4 Å². The summed E-state index contributed by atoms with van der Waals surface area (Å²) in [6.45, 7) is 12.0. The van der Waals surface area contributed by atoms with Crippen molar-refractivity contribution in [2.24, 2.45) is 10.8 Å². The number of hydrogen-bond donors (Lipinski definition) is 1. The van der Waals surface area contributed by atoms with Crippen LogP contribution in [0.25, 0.3) is 0 Å². The molecule has 0 radical (unpaired) electrons. The van der Waals surface area contributed by atoms with Crippen molar-refractivity contribution in [3.8, 4) is 0 Å². The van der Waals surface area contributed by atoms with Crippen LogP contribution in [0, 0.1) is 10.8 Å². The Morgan fingerprint density at radius 3 is 2.14 bits per heavy atom. The highest BCUT2D eigenvalue weighted by Gasteiger charge is 2.38. The molecule has 21 heavy (non-hydrogen) atoms. The van der Waals surface area contributed by atoms with E-state index in [1.807, 2.05) is 0 Å². The maximum atomic E-state index is 3.88. The molecular formula is C19H30BrN. The van der Waals surface area contributed by atoms with Crippen LogP contribution in [0.3, 0.4) is 0 Å². The van der Waals surface area contributed by atoms with Gasteiger partial charge in [-0.3, -0.25) is 0 Å². The Bertz CT molecular complexity index is 445. The van der Waals surface area contributed by atoms with Crippen LogP contribution in [-0.2, 0) is 6.42 Å². The lowest BCUT2D eigenvalue weighted by Gasteiger charge is -2.46. The maximum absolute atomic E-state index is 3.88. The molecule has 1 atom stereocenters. The Hall–Kier alpha value is -0.340. The molecule has 1 saturated carbocycles. The minimum Gasteiger partial charge on any atom is -0.311 e. The third kappa shape index (κ3) is 5.41. The first-order chi connectivity index (χ1) is 9.65. The van der Waals surface area contributed by atoms with Gasteiger partial charge in [0.2, 0.25) is 0 Å². The number of benzene rings is 1. The second-order valence-electron chi connectivity index (χ2n) is 8.51. The molecular weight excluding hydrogens is 322 g/mol. The van der Waals surface area contributed by atoms with Crippen molar-refractivity contribution in [1.29, 1.82) is 0 Å². The molecule has 0 saturated heterocycles. The Morgan fingerprint density at radius 2 is 1.62 bits per heavy atom. The van der Waals surface area contributed by atoms with Gasteiger partial charge in [-0.1, -0.05) is 55.8 Å². The smallest absolute Gasteiger partial charge is 0.0175 e. The molecule has 1 unspecified atom stereocenters. The number of nitrogens with one attached hydrogen (secondary N) is 1. The van der Waals surface area contributed by atoms with Crippen LogP contribution in [-0.4, -0.2) is 12.1 Å². The van der Waals surface area contributed by atoms with E-state index in [0.717, 1.165) is 10.9 Å². The topological polar surface area (TPSA) is 12.0 Å². The van der Waals surface area contributed by atoms with Crippen LogP contribution in [0.4, 0.5) is 0 Å². The van der Waals surface area contributed by atoms with E-state index < -0.39 is 0 Å². The Kier molecular flexibility index (Phi) is 5.20. The summed E-state index contributed by atoms with van der Waals surface area (Å²) in [5.41, 5.74) is 2.32. The molecule has 1 aliphatic rings. The van der Waals surface area contributed by atoms with E-state index in [0.29, 0.717) is 22.9 Å². The predicted molar refractivity (Wildman–Crippen MR) is 95.6 cm³/mol. The second kappa shape index (κ2) is 6.42. The van der Waals surface area contributed by atoms with Crippen LogP contribution in [0.15, 0.2) is 28.7 Å². The SMILES string of the molecule is CC(Cc1ccc(Br)cc1)NC1CC(C)(C)CC(C)(C)C1. The number of hydrogen-bond acceptors (Lipinski definition) is 1. The zero-order chi connectivity index (χ0) is 15.7. The molecule has 2 rings (SSSR count). The molecule has 1 aliphatic carbocycles. The predicted octanol–water partition coefficient (Wildman–Crippen LogP) is 5.57. The van der Waals surface area contributed by atoms with E-state index >= 15 is 0 Å². The van der Waals surface area contributed by atoms with Gasteiger partial charge in [-0.15, -0.1) is 0 Å². The summed E-state index contributed by atoms with van der Waals surface area (Å²) >= 11 is 3.50. The minimum atomic E-state index is 0.455. The van der Waals surface area contributed by atoms with Crippen LogP contribution in [0.1, 0.15) is 59.4 Å². The molecule has 1 N–H and O–H groups in total. The highest BCUT2D eigenvalue weighted by molar-refractivity contribution is 9.10. The molecule has 1 aromatic carbocycles. The molecule has 0 bridgehead atoms. The van der Waals surface area contributed by atoms with Crippen LogP contribution in [0.2, 0.25) is 0 Å². The molecule has 0 heterocycles.